The van der Waals surface area contributed by atoms with Crippen LogP contribution < -0.4 is 10.1 Å². The molecule has 0 aliphatic rings. The molecule has 0 aliphatic carbocycles. The molecule has 0 aliphatic heterocycles. The van der Waals surface area contributed by atoms with Gasteiger partial charge in [-0.15, -0.1) is 0 Å². The van der Waals surface area contributed by atoms with E-state index in [4.69, 9.17) is 23.2 Å². The maximum atomic E-state index is 12.8. The van der Waals surface area contributed by atoms with Crippen LogP contribution in [0.5, 0.6) is 0 Å². The van der Waals surface area contributed by atoms with Gasteiger partial charge in [-0.25, -0.2) is 9.38 Å². The quantitative estimate of drug-likeness (QED) is 0.495. The molecule has 0 radical (unpaired) electrons. The number of hydrogen-bond donors (Lipinski definition) is 0. The monoisotopic (exact) mass is 374 g/mol. The first-order valence-corrected chi connectivity index (χ1v) is 8.89. The fourth-order valence-electron chi connectivity index (χ4n) is 2.73. The van der Waals surface area contributed by atoms with Crippen molar-refractivity contribution < 1.29 is 0 Å². The average Bonchev–Trinajstić information content (AvgIpc) is 2.96. The summed E-state index contributed by atoms with van der Waals surface area (Å²) in [7, 11) is 0. The molecule has 0 amide bonds. The maximum Gasteiger partial charge on any atom is 0.274 e. The minimum absolute atomic E-state index is 0.0724. The van der Waals surface area contributed by atoms with Gasteiger partial charge in [0.1, 0.15) is 0 Å². The zero-order valence-electron chi connectivity index (χ0n) is 12.9. The Balaban J connectivity index is 2.01. The van der Waals surface area contributed by atoms with Gasteiger partial charge in [0.15, 0.2) is 4.96 Å². The molecule has 0 spiro atoms. The van der Waals surface area contributed by atoms with E-state index >= 15 is 0 Å². The highest BCUT2D eigenvalue weighted by atomic mass is 35.5. The molecular formula is C18H12Cl2N2OS. The van der Waals surface area contributed by atoms with Crippen LogP contribution in [-0.2, 0) is 0 Å². The van der Waals surface area contributed by atoms with Gasteiger partial charge in [-0.2, -0.15) is 0 Å². The third kappa shape index (κ3) is 2.51. The number of nitrogens with zero attached hydrogens (tertiary/aromatic N) is 2. The van der Waals surface area contributed by atoms with E-state index in [2.05, 4.69) is 4.98 Å². The highest BCUT2D eigenvalue weighted by Gasteiger charge is 2.12. The zero-order valence-corrected chi connectivity index (χ0v) is 15.3. The Labute approximate surface area is 151 Å². The van der Waals surface area contributed by atoms with E-state index < -0.39 is 0 Å². The molecule has 0 N–H and O–H groups in total. The molecule has 3 nitrogen and oxygen atoms in total. The summed E-state index contributed by atoms with van der Waals surface area (Å²) in [5.74, 6) is 0. The fourth-order valence-corrected chi connectivity index (χ4v) is 4.26. The van der Waals surface area contributed by atoms with Gasteiger partial charge in [-0.1, -0.05) is 34.5 Å². The first-order chi connectivity index (χ1) is 11.4. The summed E-state index contributed by atoms with van der Waals surface area (Å²) in [5, 5.41) is 1.08. The highest BCUT2D eigenvalue weighted by molar-refractivity contribution is 7.15. The summed E-state index contributed by atoms with van der Waals surface area (Å²) < 4.78 is 2.28. The first kappa shape index (κ1) is 15.6. The van der Waals surface area contributed by atoms with Crippen LogP contribution in [0.3, 0.4) is 0 Å². The van der Waals surface area contributed by atoms with Crippen LogP contribution >= 0.6 is 34.5 Å². The van der Waals surface area contributed by atoms with E-state index in [-0.39, 0.29) is 5.56 Å². The lowest BCUT2D eigenvalue weighted by atomic mass is 10.1. The Hall–Kier alpha value is -1.88. The number of benzene rings is 2. The second kappa shape index (κ2) is 5.59. The second-order valence-electron chi connectivity index (χ2n) is 5.77. The lowest BCUT2D eigenvalue weighted by Gasteiger charge is -1.98. The first-order valence-electron chi connectivity index (χ1n) is 7.32. The topological polar surface area (TPSA) is 34.4 Å². The van der Waals surface area contributed by atoms with Crippen molar-refractivity contribution in [2.24, 2.45) is 0 Å². The second-order valence-corrected chi connectivity index (χ2v) is 7.66. The van der Waals surface area contributed by atoms with Gasteiger partial charge < -0.3 is 0 Å². The number of hydrogen-bond acceptors (Lipinski definition) is 3. The third-order valence-corrected chi connectivity index (χ3v) is 5.44. The smallest absolute Gasteiger partial charge is 0.267 e. The largest absolute Gasteiger partial charge is 0.274 e. The molecule has 4 rings (SSSR count). The molecule has 0 bridgehead atoms. The van der Waals surface area contributed by atoms with Crippen LogP contribution in [0.4, 0.5) is 0 Å². The Kier molecular flexibility index (Phi) is 3.64. The van der Waals surface area contributed by atoms with Crippen molar-refractivity contribution in [1.82, 2.24) is 9.38 Å². The average molecular weight is 375 g/mol. The Morgan fingerprint density at radius 3 is 2.42 bits per heavy atom. The van der Waals surface area contributed by atoms with Gasteiger partial charge in [-0.3, -0.25) is 4.79 Å². The van der Waals surface area contributed by atoms with Crippen LogP contribution in [-0.4, -0.2) is 9.38 Å². The molecule has 0 saturated heterocycles. The van der Waals surface area contributed by atoms with Crippen molar-refractivity contribution in [3.63, 3.8) is 0 Å². The number of rotatable bonds is 1. The normalized spacial score (nSPS) is 12.6. The lowest BCUT2D eigenvalue weighted by molar-refractivity contribution is 1.18. The Morgan fingerprint density at radius 2 is 1.71 bits per heavy atom. The van der Waals surface area contributed by atoms with Crippen molar-refractivity contribution in [2.45, 2.75) is 13.8 Å². The number of fused-ring (bicyclic) bond motifs is 3. The number of aryl methyl sites for hydroxylation is 2. The maximum absolute atomic E-state index is 12.8. The molecule has 24 heavy (non-hydrogen) atoms. The Bertz CT molecular complexity index is 1200. The summed E-state index contributed by atoms with van der Waals surface area (Å²) in [5.41, 5.74) is 4.72. The SMILES string of the molecule is Cc1cc2nc3s/c(=C/c4cc(Cl)cc(Cl)c4)c(=O)n3c2cc1C. The predicted molar refractivity (Wildman–Crippen MR) is 102 cm³/mol. The van der Waals surface area contributed by atoms with E-state index in [1.54, 1.807) is 28.7 Å². The van der Waals surface area contributed by atoms with Crippen molar-refractivity contribution in [3.8, 4) is 0 Å². The summed E-state index contributed by atoms with van der Waals surface area (Å²) in [6.07, 6.45) is 1.80. The Morgan fingerprint density at radius 1 is 1.04 bits per heavy atom. The third-order valence-electron chi connectivity index (χ3n) is 4.04. The molecule has 6 heteroatoms. The van der Waals surface area contributed by atoms with Crippen molar-refractivity contribution >= 4 is 56.6 Å². The van der Waals surface area contributed by atoms with Crippen LogP contribution in [0.2, 0.25) is 10.0 Å². The molecule has 0 atom stereocenters. The number of thiazole rings is 1. The van der Waals surface area contributed by atoms with E-state index in [0.29, 0.717) is 19.5 Å². The molecule has 0 fully saturated rings. The molecule has 2 heterocycles. The molecule has 0 saturated carbocycles. The van der Waals surface area contributed by atoms with E-state index in [9.17, 15) is 4.79 Å². The fraction of sp³-hybridized carbons (Fsp3) is 0.111. The van der Waals surface area contributed by atoms with E-state index in [1.807, 2.05) is 26.0 Å². The summed E-state index contributed by atoms with van der Waals surface area (Å²) in [6.45, 7) is 4.08. The van der Waals surface area contributed by atoms with Crippen LogP contribution in [0.1, 0.15) is 16.7 Å². The van der Waals surface area contributed by atoms with Gasteiger partial charge in [0.2, 0.25) is 0 Å². The van der Waals surface area contributed by atoms with Crippen LogP contribution in [0.25, 0.3) is 22.1 Å². The minimum Gasteiger partial charge on any atom is -0.267 e. The van der Waals surface area contributed by atoms with Crippen LogP contribution in [0, 0.1) is 13.8 Å². The number of halogens is 2. The van der Waals surface area contributed by atoms with Crippen LogP contribution in [0.15, 0.2) is 35.1 Å². The summed E-state index contributed by atoms with van der Waals surface area (Å²) >= 11 is 13.4. The van der Waals surface area contributed by atoms with Gasteiger partial charge in [-0.05, 0) is 66.9 Å². The molecule has 0 unspecified atom stereocenters. The van der Waals surface area contributed by atoms with E-state index in [1.165, 1.54) is 16.9 Å². The number of aromatic nitrogens is 2. The van der Waals surface area contributed by atoms with Crippen molar-refractivity contribution in [2.75, 3.05) is 0 Å². The molecule has 4 aromatic rings. The molecule has 2 aromatic carbocycles. The highest BCUT2D eigenvalue weighted by Crippen LogP contribution is 2.22. The summed E-state index contributed by atoms with van der Waals surface area (Å²) in [6, 6.07) is 9.25. The molecule has 2 aromatic heterocycles. The van der Waals surface area contributed by atoms with E-state index in [0.717, 1.165) is 22.2 Å². The van der Waals surface area contributed by atoms with Gasteiger partial charge in [0.25, 0.3) is 5.56 Å². The molecular weight excluding hydrogens is 363 g/mol. The van der Waals surface area contributed by atoms with Crippen molar-refractivity contribution in [1.29, 1.82) is 0 Å². The van der Waals surface area contributed by atoms with Gasteiger partial charge in [0, 0.05) is 10.0 Å². The molecule has 120 valence electrons. The summed E-state index contributed by atoms with van der Waals surface area (Å²) in [4.78, 5) is 18.1. The standard InChI is InChI=1S/C18H12Cl2N2OS/c1-9-3-14-15(4-10(9)2)22-17(23)16(24-18(22)21-14)7-11-5-12(19)8-13(20)6-11/h3-8H,1-2H3/b16-7+. The van der Waals surface area contributed by atoms with Gasteiger partial charge >= 0.3 is 0 Å². The lowest BCUT2D eigenvalue weighted by Crippen LogP contribution is -2.22. The minimum atomic E-state index is -0.0724. The predicted octanol–water partition coefficient (Wildman–Crippen LogP) is 4.38. The number of imidazole rings is 1. The van der Waals surface area contributed by atoms with Crippen molar-refractivity contribution in [3.05, 3.63) is 72.0 Å². The van der Waals surface area contributed by atoms with Gasteiger partial charge in [0.05, 0.1) is 15.6 Å². The zero-order chi connectivity index (χ0) is 17.0.